The van der Waals surface area contributed by atoms with Crippen LogP contribution in [0.3, 0.4) is 0 Å². The lowest BCUT2D eigenvalue weighted by Crippen LogP contribution is -2.29. The third-order valence-electron chi connectivity index (χ3n) is 5.73. The highest BCUT2D eigenvalue weighted by Crippen LogP contribution is 2.33. The number of unbranched alkanes of at least 4 members (excludes halogenated alkanes) is 1. The van der Waals surface area contributed by atoms with Gasteiger partial charge in [-0.2, -0.15) is 0 Å². The van der Waals surface area contributed by atoms with Crippen LogP contribution in [0.5, 0.6) is 5.75 Å². The Morgan fingerprint density at radius 2 is 2.03 bits per heavy atom. The normalized spacial score (nSPS) is 12.5. The Hall–Kier alpha value is -3.06. The van der Waals surface area contributed by atoms with Crippen LogP contribution in [0.2, 0.25) is 0 Å². The summed E-state index contributed by atoms with van der Waals surface area (Å²) < 4.78 is 33.6. The number of nitrogens with one attached hydrogen (secondary N) is 1. The van der Waals surface area contributed by atoms with Crippen molar-refractivity contribution >= 4 is 35.3 Å². The Balaban J connectivity index is 0.00000289. The summed E-state index contributed by atoms with van der Waals surface area (Å²) in [5, 5.41) is 0.924. The van der Waals surface area contributed by atoms with E-state index in [4.69, 9.17) is 10.5 Å². The predicted molar refractivity (Wildman–Crippen MR) is 124 cm³/mol. The van der Waals surface area contributed by atoms with Crippen molar-refractivity contribution in [1.82, 2.24) is 9.88 Å². The Bertz CT molecular complexity index is 1160. The number of nitrogens with two attached hydrogens (primary N) is 1. The van der Waals surface area contributed by atoms with E-state index in [0.717, 1.165) is 54.5 Å². The first kappa shape index (κ1) is 23.6. The van der Waals surface area contributed by atoms with Gasteiger partial charge in [-0.25, -0.2) is 8.78 Å². The summed E-state index contributed by atoms with van der Waals surface area (Å²) >= 11 is 0. The standard InChI is InChI=1S/C24H25F2N3O2.ClH/c1-2-29(10-4-3-5-15-13-28-22-9-6-16(25)11-19(15)22)17-12-20-21(26)8-7-18(24(27)30)23(20)31-14-17;/h6-9,11-13,28H,2-5,10,14H2,1H3,(H2,27,30);1H. The zero-order chi connectivity index (χ0) is 22.0. The number of aromatic amines is 1. The van der Waals surface area contributed by atoms with Gasteiger partial charge in [0.1, 0.15) is 24.0 Å². The number of aromatic nitrogens is 1. The highest BCUT2D eigenvalue weighted by molar-refractivity contribution is 5.97. The van der Waals surface area contributed by atoms with Crippen molar-refractivity contribution in [2.24, 2.45) is 5.73 Å². The summed E-state index contributed by atoms with van der Waals surface area (Å²) in [7, 11) is 0. The number of fused-ring (bicyclic) bond motifs is 2. The number of aryl methyl sites for hydroxylation is 1. The Labute approximate surface area is 191 Å². The summed E-state index contributed by atoms with van der Waals surface area (Å²) in [6.07, 6.45) is 6.38. The van der Waals surface area contributed by atoms with Crippen molar-refractivity contribution in [3.8, 4) is 5.75 Å². The second-order valence-electron chi connectivity index (χ2n) is 7.67. The molecule has 8 heteroatoms. The molecule has 0 aliphatic carbocycles. The van der Waals surface area contributed by atoms with E-state index in [1.54, 1.807) is 18.2 Å². The second kappa shape index (κ2) is 10.0. The van der Waals surface area contributed by atoms with Crippen molar-refractivity contribution in [2.45, 2.75) is 26.2 Å². The number of carbonyl (C=O) groups excluding carboxylic acids is 1. The zero-order valence-electron chi connectivity index (χ0n) is 17.8. The molecule has 1 amide bonds. The summed E-state index contributed by atoms with van der Waals surface area (Å²) in [6.45, 7) is 3.83. The van der Waals surface area contributed by atoms with Crippen molar-refractivity contribution in [3.05, 3.63) is 70.6 Å². The fourth-order valence-corrected chi connectivity index (χ4v) is 4.08. The van der Waals surface area contributed by atoms with Crippen LogP contribution in [0.15, 0.2) is 42.2 Å². The molecule has 3 aromatic rings. The third kappa shape index (κ3) is 4.72. The predicted octanol–water partition coefficient (Wildman–Crippen LogP) is 5.04. The Morgan fingerprint density at radius 3 is 2.78 bits per heavy atom. The molecule has 2 aromatic carbocycles. The molecule has 0 saturated carbocycles. The molecule has 0 saturated heterocycles. The molecule has 1 aliphatic rings. The first-order valence-electron chi connectivity index (χ1n) is 10.4. The number of rotatable bonds is 8. The minimum atomic E-state index is -0.641. The number of nitrogens with zero attached hydrogens (tertiary/aromatic N) is 1. The number of likely N-dealkylation sites (N-methyl/N-ethyl adjacent to an activating group) is 1. The molecule has 0 atom stereocenters. The molecule has 1 aromatic heterocycles. The van der Waals surface area contributed by atoms with Gasteiger partial charge in [0.05, 0.1) is 16.8 Å². The molecule has 2 heterocycles. The van der Waals surface area contributed by atoms with Crippen LogP contribution < -0.4 is 10.5 Å². The molecule has 3 N–H and O–H groups in total. The molecular formula is C24H26ClF2N3O2. The second-order valence-corrected chi connectivity index (χ2v) is 7.67. The molecule has 0 spiro atoms. The van der Waals surface area contributed by atoms with Crippen LogP contribution in [0.1, 0.15) is 41.3 Å². The summed E-state index contributed by atoms with van der Waals surface area (Å²) in [5.41, 5.74) is 8.73. The molecule has 0 fully saturated rings. The summed E-state index contributed by atoms with van der Waals surface area (Å²) in [4.78, 5) is 16.9. The Kier molecular flexibility index (Phi) is 7.40. The fraction of sp³-hybridized carbons (Fsp3) is 0.292. The maximum absolute atomic E-state index is 14.4. The zero-order valence-corrected chi connectivity index (χ0v) is 18.6. The maximum Gasteiger partial charge on any atom is 0.252 e. The van der Waals surface area contributed by atoms with Crippen molar-refractivity contribution in [1.29, 1.82) is 0 Å². The molecule has 5 nitrogen and oxygen atoms in total. The van der Waals surface area contributed by atoms with E-state index in [1.165, 1.54) is 18.2 Å². The highest BCUT2D eigenvalue weighted by Gasteiger charge is 2.23. The van der Waals surface area contributed by atoms with Gasteiger partial charge < -0.3 is 20.4 Å². The van der Waals surface area contributed by atoms with Crippen LogP contribution in [0, 0.1) is 11.6 Å². The smallest absolute Gasteiger partial charge is 0.252 e. The van der Waals surface area contributed by atoms with Gasteiger partial charge in [0.25, 0.3) is 5.91 Å². The van der Waals surface area contributed by atoms with Crippen molar-refractivity contribution in [2.75, 3.05) is 19.7 Å². The van der Waals surface area contributed by atoms with Crippen molar-refractivity contribution in [3.63, 3.8) is 0 Å². The van der Waals surface area contributed by atoms with Gasteiger partial charge in [-0.15, -0.1) is 12.4 Å². The molecule has 0 radical (unpaired) electrons. The van der Waals surface area contributed by atoms with E-state index in [9.17, 15) is 13.6 Å². The number of hydrogen-bond acceptors (Lipinski definition) is 3. The number of primary amides is 1. The highest BCUT2D eigenvalue weighted by atomic mass is 35.5. The molecule has 4 rings (SSSR count). The summed E-state index contributed by atoms with van der Waals surface area (Å²) in [5.74, 6) is -1.11. The average Bonchev–Trinajstić information content (AvgIpc) is 3.16. The van der Waals surface area contributed by atoms with Crippen LogP contribution >= 0.6 is 12.4 Å². The molecular weight excluding hydrogens is 436 g/mol. The molecule has 32 heavy (non-hydrogen) atoms. The van der Waals surface area contributed by atoms with Gasteiger partial charge in [-0.3, -0.25) is 4.79 Å². The van der Waals surface area contributed by atoms with E-state index in [-0.39, 0.29) is 41.7 Å². The van der Waals surface area contributed by atoms with Crippen LogP contribution in [-0.2, 0) is 6.42 Å². The van der Waals surface area contributed by atoms with E-state index in [0.29, 0.717) is 0 Å². The third-order valence-corrected chi connectivity index (χ3v) is 5.73. The topological polar surface area (TPSA) is 71.3 Å². The minimum Gasteiger partial charge on any atom is -0.486 e. The van der Waals surface area contributed by atoms with E-state index in [1.807, 2.05) is 13.1 Å². The van der Waals surface area contributed by atoms with Gasteiger partial charge in [-0.05, 0) is 68.2 Å². The van der Waals surface area contributed by atoms with Crippen LogP contribution in [0.25, 0.3) is 17.0 Å². The van der Waals surface area contributed by atoms with Gasteiger partial charge >= 0.3 is 0 Å². The number of ether oxygens (including phenoxy) is 1. The minimum absolute atomic E-state index is 0. The van der Waals surface area contributed by atoms with Gasteiger partial charge in [0.15, 0.2) is 0 Å². The van der Waals surface area contributed by atoms with E-state index in [2.05, 4.69) is 9.88 Å². The number of carbonyl (C=O) groups is 1. The van der Waals surface area contributed by atoms with E-state index >= 15 is 0 Å². The maximum atomic E-state index is 14.4. The first-order chi connectivity index (χ1) is 15.0. The monoisotopic (exact) mass is 461 g/mol. The van der Waals surface area contributed by atoms with Gasteiger partial charge in [0.2, 0.25) is 0 Å². The average molecular weight is 462 g/mol. The largest absolute Gasteiger partial charge is 0.486 e. The summed E-state index contributed by atoms with van der Waals surface area (Å²) in [6, 6.07) is 7.36. The van der Waals surface area contributed by atoms with E-state index < -0.39 is 11.7 Å². The SMILES string of the molecule is CCN(CCCCc1c[nH]c2ccc(F)cc12)C1=Cc2c(F)ccc(C(N)=O)c2OC1.Cl. The lowest BCUT2D eigenvalue weighted by Gasteiger charge is -2.30. The number of halogens is 3. The number of amides is 1. The van der Waals surface area contributed by atoms with Crippen molar-refractivity contribution < 1.29 is 18.3 Å². The van der Waals surface area contributed by atoms with Gasteiger partial charge in [-0.1, -0.05) is 0 Å². The number of hydrogen-bond donors (Lipinski definition) is 2. The number of benzene rings is 2. The number of H-pyrrole nitrogens is 1. The molecule has 0 bridgehead atoms. The fourth-order valence-electron chi connectivity index (χ4n) is 4.08. The Morgan fingerprint density at radius 1 is 1.22 bits per heavy atom. The lowest BCUT2D eigenvalue weighted by molar-refractivity contribution is 0.0996. The lowest BCUT2D eigenvalue weighted by atomic mass is 10.0. The molecule has 1 aliphatic heterocycles. The first-order valence-corrected chi connectivity index (χ1v) is 10.4. The van der Waals surface area contributed by atoms with Crippen LogP contribution in [-0.4, -0.2) is 35.5 Å². The quantitative estimate of drug-likeness (QED) is 0.461. The molecule has 0 unspecified atom stereocenters. The molecule has 170 valence electrons. The van der Waals surface area contributed by atoms with Gasteiger partial charge in [0, 0.05) is 30.2 Å². The van der Waals surface area contributed by atoms with Crippen LogP contribution in [0.4, 0.5) is 8.78 Å².